The van der Waals surface area contributed by atoms with Gasteiger partial charge in [0.05, 0.1) is 12.0 Å². The van der Waals surface area contributed by atoms with Gasteiger partial charge in [-0.05, 0) is 24.1 Å². The average Bonchev–Trinajstić information content (AvgIpc) is 2.37. The molecule has 0 amide bonds. The minimum atomic E-state index is -2.55. The third-order valence-electron chi connectivity index (χ3n) is 2.95. The Bertz CT molecular complexity index is 590. The first-order chi connectivity index (χ1) is 9.69. The highest BCUT2D eigenvalue weighted by atomic mass is 16.4. The summed E-state index contributed by atoms with van der Waals surface area (Å²) in [7, 11) is 0. The molecule has 0 atom stereocenters. The van der Waals surface area contributed by atoms with Crippen LogP contribution in [0.2, 0.25) is 0 Å². The molecular formula is C13H12O8. The van der Waals surface area contributed by atoms with Gasteiger partial charge >= 0.3 is 23.9 Å². The molecule has 0 aromatic heterocycles. The number of carboxylic acids is 4. The lowest BCUT2D eigenvalue weighted by Gasteiger charge is -2.23. The van der Waals surface area contributed by atoms with Gasteiger partial charge in [-0.1, -0.05) is 12.1 Å². The van der Waals surface area contributed by atoms with Crippen LogP contribution in [0.15, 0.2) is 24.3 Å². The van der Waals surface area contributed by atoms with Crippen molar-refractivity contribution in [2.24, 2.45) is 5.41 Å². The smallest absolute Gasteiger partial charge is 0.335 e. The summed E-state index contributed by atoms with van der Waals surface area (Å²) in [6.45, 7) is 0. The van der Waals surface area contributed by atoms with Crippen LogP contribution in [0.1, 0.15) is 22.3 Å². The monoisotopic (exact) mass is 296 g/mol. The van der Waals surface area contributed by atoms with Gasteiger partial charge < -0.3 is 20.4 Å². The van der Waals surface area contributed by atoms with Crippen molar-refractivity contribution < 1.29 is 39.6 Å². The van der Waals surface area contributed by atoms with Gasteiger partial charge in [-0.15, -0.1) is 0 Å². The Morgan fingerprint density at radius 3 is 1.95 bits per heavy atom. The summed E-state index contributed by atoms with van der Waals surface area (Å²) in [6.07, 6.45) is -1.75. The second-order valence-electron chi connectivity index (χ2n) is 4.45. The lowest BCUT2D eigenvalue weighted by Crippen LogP contribution is -2.43. The highest BCUT2D eigenvalue weighted by Gasteiger charge is 2.48. The predicted molar refractivity (Wildman–Crippen MR) is 67.1 cm³/mol. The zero-order valence-corrected chi connectivity index (χ0v) is 10.6. The van der Waals surface area contributed by atoms with Crippen LogP contribution in [-0.4, -0.2) is 44.3 Å². The Labute approximate surface area is 118 Å². The van der Waals surface area contributed by atoms with Crippen LogP contribution in [0.5, 0.6) is 0 Å². The first-order valence-corrected chi connectivity index (χ1v) is 5.70. The van der Waals surface area contributed by atoms with Crippen molar-refractivity contribution >= 4 is 23.9 Å². The van der Waals surface area contributed by atoms with Crippen molar-refractivity contribution in [2.75, 3.05) is 0 Å². The third kappa shape index (κ3) is 3.56. The molecule has 4 N–H and O–H groups in total. The summed E-state index contributed by atoms with van der Waals surface area (Å²) in [4.78, 5) is 44.1. The van der Waals surface area contributed by atoms with E-state index in [2.05, 4.69) is 0 Å². The van der Waals surface area contributed by atoms with Crippen molar-refractivity contribution in [3.63, 3.8) is 0 Å². The zero-order valence-electron chi connectivity index (χ0n) is 10.6. The summed E-state index contributed by atoms with van der Waals surface area (Å²) in [6, 6.07) is 5.04. The van der Waals surface area contributed by atoms with Crippen molar-refractivity contribution in [1.29, 1.82) is 0 Å². The Morgan fingerprint density at radius 1 is 0.952 bits per heavy atom. The van der Waals surface area contributed by atoms with Crippen molar-refractivity contribution in [3.8, 4) is 0 Å². The van der Waals surface area contributed by atoms with Gasteiger partial charge in [-0.25, -0.2) is 4.79 Å². The molecular weight excluding hydrogens is 284 g/mol. The first-order valence-electron chi connectivity index (χ1n) is 5.70. The Hall–Kier alpha value is -2.90. The maximum absolute atomic E-state index is 11.3. The van der Waals surface area contributed by atoms with E-state index in [0.29, 0.717) is 0 Å². The van der Waals surface area contributed by atoms with Crippen LogP contribution in [0.3, 0.4) is 0 Å². The van der Waals surface area contributed by atoms with E-state index in [4.69, 9.17) is 20.4 Å². The molecule has 0 aliphatic carbocycles. The van der Waals surface area contributed by atoms with E-state index in [-0.39, 0.29) is 11.1 Å². The van der Waals surface area contributed by atoms with Crippen molar-refractivity contribution in [3.05, 3.63) is 35.4 Å². The van der Waals surface area contributed by atoms with Crippen LogP contribution in [0.4, 0.5) is 0 Å². The minimum absolute atomic E-state index is 0.112. The van der Waals surface area contributed by atoms with Crippen LogP contribution < -0.4 is 0 Å². The maximum atomic E-state index is 11.3. The van der Waals surface area contributed by atoms with Crippen molar-refractivity contribution in [1.82, 2.24) is 0 Å². The molecule has 0 bridgehead atoms. The van der Waals surface area contributed by atoms with E-state index in [9.17, 15) is 19.2 Å². The molecule has 0 unspecified atom stereocenters. The second-order valence-corrected chi connectivity index (χ2v) is 4.45. The van der Waals surface area contributed by atoms with E-state index >= 15 is 0 Å². The number of hydrogen-bond acceptors (Lipinski definition) is 4. The number of aliphatic carboxylic acids is 3. The molecule has 1 aromatic rings. The normalized spacial score (nSPS) is 10.9. The Balaban J connectivity index is 3.26. The Kier molecular flexibility index (Phi) is 4.64. The van der Waals surface area contributed by atoms with Crippen LogP contribution in [0, 0.1) is 5.41 Å². The number of carbonyl (C=O) groups is 4. The molecule has 0 spiro atoms. The average molecular weight is 296 g/mol. The molecule has 0 aliphatic rings. The SMILES string of the molecule is O=C(O)CC(Cc1cccc(C(=O)O)c1)(C(=O)O)C(=O)O. The Morgan fingerprint density at radius 2 is 1.52 bits per heavy atom. The van der Waals surface area contributed by atoms with Crippen LogP contribution in [0.25, 0.3) is 0 Å². The van der Waals surface area contributed by atoms with Gasteiger partial charge in [0.15, 0.2) is 5.41 Å². The molecule has 0 radical (unpaired) electrons. The van der Waals surface area contributed by atoms with Crippen LogP contribution >= 0.6 is 0 Å². The summed E-state index contributed by atoms with van der Waals surface area (Å²) < 4.78 is 0. The highest BCUT2D eigenvalue weighted by Crippen LogP contribution is 2.29. The second kappa shape index (κ2) is 6.04. The standard InChI is InChI=1S/C13H12O8/c14-9(15)6-13(11(18)19,12(20)21)5-7-2-1-3-8(4-7)10(16)17/h1-4H,5-6H2,(H,14,15)(H,16,17)(H,18,19)(H,20,21). The number of benzene rings is 1. The fourth-order valence-corrected chi connectivity index (χ4v) is 1.88. The fourth-order valence-electron chi connectivity index (χ4n) is 1.88. The zero-order chi connectivity index (χ0) is 16.2. The van der Waals surface area contributed by atoms with Gasteiger partial charge in [0.1, 0.15) is 0 Å². The van der Waals surface area contributed by atoms with Crippen molar-refractivity contribution in [2.45, 2.75) is 12.8 Å². The minimum Gasteiger partial charge on any atom is -0.481 e. The molecule has 21 heavy (non-hydrogen) atoms. The van der Waals surface area contributed by atoms with Gasteiger partial charge in [0.2, 0.25) is 0 Å². The van der Waals surface area contributed by atoms with E-state index in [0.717, 1.165) is 6.07 Å². The predicted octanol–water partition coefficient (Wildman–Crippen LogP) is 0.558. The van der Waals surface area contributed by atoms with E-state index < -0.39 is 42.1 Å². The molecule has 8 nitrogen and oxygen atoms in total. The molecule has 0 saturated heterocycles. The third-order valence-corrected chi connectivity index (χ3v) is 2.95. The molecule has 1 aromatic carbocycles. The van der Waals surface area contributed by atoms with E-state index in [1.165, 1.54) is 18.2 Å². The number of rotatable bonds is 7. The van der Waals surface area contributed by atoms with Gasteiger partial charge in [0.25, 0.3) is 0 Å². The molecule has 0 fully saturated rings. The lowest BCUT2D eigenvalue weighted by molar-refractivity contribution is -0.169. The topological polar surface area (TPSA) is 149 Å². The van der Waals surface area contributed by atoms with Crippen LogP contribution in [-0.2, 0) is 20.8 Å². The molecule has 1 rings (SSSR count). The molecule has 0 saturated carbocycles. The molecule has 112 valence electrons. The molecule has 0 aliphatic heterocycles. The summed E-state index contributed by atoms with van der Waals surface area (Å²) >= 11 is 0. The first kappa shape index (κ1) is 16.2. The summed E-state index contributed by atoms with van der Waals surface area (Å²) in [5.41, 5.74) is -2.59. The van der Waals surface area contributed by atoms with E-state index in [1.807, 2.05) is 0 Å². The molecule has 8 heteroatoms. The number of hydrogen-bond donors (Lipinski definition) is 4. The largest absolute Gasteiger partial charge is 0.481 e. The van der Waals surface area contributed by atoms with Gasteiger partial charge in [0, 0.05) is 0 Å². The fraction of sp³-hybridized carbons (Fsp3) is 0.231. The van der Waals surface area contributed by atoms with Gasteiger partial charge in [-0.3, -0.25) is 14.4 Å². The maximum Gasteiger partial charge on any atom is 0.335 e. The lowest BCUT2D eigenvalue weighted by atomic mass is 9.78. The summed E-state index contributed by atoms with van der Waals surface area (Å²) in [5.74, 6) is -6.42. The number of carboxylic acid groups (broad SMARTS) is 4. The summed E-state index contributed by atoms with van der Waals surface area (Å²) in [5, 5.41) is 35.8. The van der Waals surface area contributed by atoms with E-state index in [1.54, 1.807) is 0 Å². The van der Waals surface area contributed by atoms with Gasteiger partial charge in [-0.2, -0.15) is 0 Å². The highest BCUT2D eigenvalue weighted by molar-refractivity contribution is 6.01. The molecule has 0 heterocycles. The quantitative estimate of drug-likeness (QED) is 0.533. The number of aromatic carboxylic acids is 1.